The van der Waals surface area contributed by atoms with E-state index in [0.717, 1.165) is 36.7 Å². The van der Waals surface area contributed by atoms with Gasteiger partial charge in [0.05, 0.1) is 17.9 Å². The van der Waals surface area contributed by atoms with Crippen molar-refractivity contribution in [3.63, 3.8) is 0 Å². The molecule has 1 aliphatic carbocycles. The Balaban J connectivity index is 1.41. The van der Waals surface area contributed by atoms with Crippen molar-refractivity contribution in [2.24, 2.45) is 18.9 Å². The molecule has 6 nitrogen and oxygen atoms in total. The molecule has 0 radical (unpaired) electrons. The molecule has 1 N–H and O–H groups in total. The first-order valence-corrected chi connectivity index (χ1v) is 10.7. The van der Waals surface area contributed by atoms with Gasteiger partial charge in [-0.1, -0.05) is 6.92 Å². The summed E-state index contributed by atoms with van der Waals surface area (Å²) in [6.45, 7) is 6.01. The summed E-state index contributed by atoms with van der Waals surface area (Å²) in [6, 6.07) is 0.101. The van der Waals surface area contributed by atoms with Crippen LogP contribution in [-0.2, 0) is 31.2 Å². The Morgan fingerprint density at radius 2 is 2.15 bits per heavy atom. The Kier molecular flexibility index (Phi) is 5.07. The van der Waals surface area contributed by atoms with Crippen molar-refractivity contribution in [3.8, 4) is 0 Å². The quantitative estimate of drug-likeness (QED) is 0.857. The molecule has 2 aliphatic rings. The molecule has 27 heavy (non-hydrogen) atoms. The molecule has 1 fully saturated rings. The summed E-state index contributed by atoms with van der Waals surface area (Å²) < 4.78 is 1.89. The number of rotatable bonds is 5. The maximum Gasteiger partial charge on any atom is 0.223 e. The Labute approximate surface area is 165 Å². The molecule has 0 spiro atoms. The van der Waals surface area contributed by atoms with Crippen LogP contribution < -0.4 is 5.32 Å². The maximum absolute atomic E-state index is 12.3. The van der Waals surface area contributed by atoms with E-state index < -0.39 is 0 Å². The second kappa shape index (κ2) is 7.36. The van der Waals surface area contributed by atoms with Crippen LogP contribution >= 0.6 is 11.3 Å². The second-order valence-corrected chi connectivity index (χ2v) is 9.35. The molecule has 1 saturated heterocycles. The fourth-order valence-corrected chi connectivity index (χ4v) is 5.68. The molecule has 2 aromatic rings. The van der Waals surface area contributed by atoms with E-state index >= 15 is 0 Å². The van der Waals surface area contributed by atoms with Gasteiger partial charge in [-0.05, 0) is 32.1 Å². The van der Waals surface area contributed by atoms with Crippen molar-refractivity contribution >= 4 is 17.2 Å². The zero-order valence-corrected chi connectivity index (χ0v) is 17.5. The summed E-state index contributed by atoms with van der Waals surface area (Å²) in [4.78, 5) is 20.5. The number of hydrogen-bond donors (Lipinski definition) is 1. The Hall–Kier alpha value is -1.73. The Morgan fingerprint density at radius 1 is 1.33 bits per heavy atom. The minimum absolute atomic E-state index is 0.101. The van der Waals surface area contributed by atoms with Gasteiger partial charge in [-0.2, -0.15) is 5.10 Å². The van der Waals surface area contributed by atoms with Crippen LogP contribution in [0.25, 0.3) is 0 Å². The molecule has 1 amide bonds. The zero-order valence-electron chi connectivity index (χ0n) is 16.7. The first kappa shape index (κ1) is 18.6. The molecule has 4 rings (SSSR count). The van der Waals surface area contributed by atoms with Crippen molar-refractivity contribution in [3.05, 3.63) is 33.0 Å². The van der Waals surface area contributed by atoms with E-state index in [4.69, 9.17) is 4.98 Å². The summed E-state index contributed by atoms with van der Waals surface area (Å²) in [6.07, 6.45) is 6.06. The third-order valence-corrected chi connectivity index (χ3v) is 7.32. The molecule has 7 heteroatoms. The highest BCUT2D eigenvalue weighted by atomic mass is 32.1. The van der Waals surface area contributed by atoms with Crippen molar-refractivity contribution in [2.45, 2.75) is 52.1 Å². The number of hydrogen-bond acceptors (Lipinski definition) is 5. The number of nitrogens with zero attached hydrogens (tertiary/aromatic N) is 4. The van der Waals surface area contributed by atoms with Crippen LogP contribution in [-0.4, -0.2) is 39.2 Å². The average Bonchev–Trinajstić information content (AvgIpc) is 3.26. The Bertz CT molecular complexity index is 842. The smallest absolute Gasteiger partial charge is 0.223 e. The van der Waals surface area contributed by atoms with Gasteiger partial charge in [0, 0.05) is 55.7 Å². The van der Waals surface area contributed by atoms with Gasteiger partial charge < -0.3 is 10.2 Å². The Morgan fingerprint density at radius 3 is 2.89 bits per heavy atom. The molecule has 0 aromatic carbocycles. The first-order chi connectivity index (χ1) is 12.9. The highest BCUT2D eigenvalue weighted by Gasteiger charge is 2.39. The van der Waals surface area contributed by atoms with Crippen molar-refractivity contribution in [1.29, 1.82) is 0 Å². The van der Waals surface area contributed by atoms with E-state index in [1.165, 1.54) is 28.4 Å². The topological polar surface area (TPSA) is 63.1 Å². The number of aromatic nitrogens is 3. The lowest BCUT2D eigenvalue weighted by Crippen LogP contribution is -2.29. The van der Waals surface area contributed by atoms with Crippen molar-refractivity contribution < 1.29 is 4.79 Å². The van der Waals surface area contributed by atoms with Crippen LogP contribution in [0.3, 0.4) is 0 Å². The summed E-state index contributed by atoms with van der Waals surface area (Å²) in [5.74, 6) is 1.26. The van der Waals surface area contributed by atoms with Gasteiger partial charge in [0.15, 0.2) is 0 Å². The highest BCUT2D eigenvalue weighted by Crippen LogP contribution is 2.38. The van der Waals surface area contributed by atoms with Gasteiger partial charge in [0.2, 0.25) is 5.91 Å². The number of likely N-dealkylation sites (tertiary alicyclic amines) is 1. The lowest BCUT2D eigenvalue weighted by atomic mass is 9.93. The van der Waals surface area contributed by atoms with E-state index in [-0.39, 0.29) is 17.9 Å². The van der Waals surface area contributed by atoms with E-state index in [2.05, 4.69) is 24.3 Å². The number of thiazole rings is 1. The fourth-order valence-electron chi connectivity index (χ4n) is 4.44. The van der Waals surface area contributed by atoms with E-state index in [0.29, 0.717) is 6.42 Å². The SMILES string of the molecule is Cc1c([C@H]2[C@H](CNCc3nc4c(s3)C[C@H](C)CC4)CC(=O)N2C)cnn1C. The fraction of sp³-hybridized carbons (Fsp3) is 0.650. The van der Waals surface area contributed by atoms with E-state index in [1.54, 1.807) is 0 Å². The first-order valence-electron chi connectivity index (χ1n) is 9.86. The molecule has 146 valence electrons. The van der Waals surface area contributed by atoms with Crippen LogP contribution in [0.5, 0.6) is 0 Å². The summed E-state index contributed by atoms with van der Waals surface area (Å²) in [7, 11) is 3.86. The maximum atomic E-state index is 12.3. The molecule has 3 atom stereocenters. The van der Waals surface area contributed by atoms with Gasteiger partial charge in [0.25, 0.3) is 0 Å². The molecule has 0 unspecified atom stereocenters. The number of amides is 1. The molecular formula is C20H29N5OS. The molecular weight excluding hydrogens is 358 g/mol. The van der Waals surface area contributed by atoms with Crippen LogP contribution in [0.15, 0.2) is 6.20 Å². The van der Waals surface area contributed by atoms with Crippen LogP contribution in [0, 0.1) is 18.8 Å². The monoisotopic (exact) mass is 387 g/mol. The largest absolute Gasteiger partial charge is 0.338 e. The van der Waals surface area contributed by atoms with Crippen LogP contribution in [0.1, 0.15) is 52.6 Å². The third-order valence-electron chi connectivity index (χ3n) is 6.20. The lowest BCUT2D eigenvalue weighted by Gasteiger charge is -2.25. The lowest BCUT2D eigenvalue weighted by molar-refractivity contribution is -0.127. The standard InChI is InChI=1S/C20H29N5OS/c1-12-5-6-16-17(7-12)27-18(23-16)11-21-9-14-8-19(26)24(3)20(14)15-10-22-25(4)13(15)2/h10,12,14,20-21H,5-9,11H2,1-4H3/t12-,14+,20-/m1/s1. The summed E-state index contributed by atoms with van der Waals surface area (Å²) >= 11 is 1.86. The predicted molar refractivity (Wildman–Crippen MR) is 107 cm³/mol. The van der Waals surface area contributed by atoms with Gasteiger partial charge in [-0.15, -0.1) is 11.3 Å². The molecule has 0 saturated carbocycles. The summed E-state index contributed by atoms with van der Waals surface area (Å²) in [5, 5.41) is 9.13. The van der Waals surface area contributed by atoms with Crippen LogP contribution in [0.2, 0.25) is 0 Å². The number of nitrogens with one attached hydrogen (secondary N) is 1. The predicted octanol–water partition coefficient (Wildman–Crippen LogP) is 2.62. The van der Waals surface area contributed by atoms with E-state index in [1.807, 2.05) is 41.2 Å². The molecule has 3 heterocycles. The van der Waals surface area contributed by atoms with Gasteiger partial charge in [0.1, 0.15) is 5.01 Å². The summed E-state index contributed by atoms with van der Waals surface area (Å²) in [5.41, 5.74) is 3.61. The van der Waals surface area contributed by atoms with E-state index in [9.17, 15) is 4.79 Å². The van der Waals surface area contributed by atoms with Gasteiger partial charge in [-0.25, -0.2) is 4.98 Å². The van der Waals surface area contributed by atoms with Gasteiger partial charge >= 0.3 is 0 Å². The highest BCUT2D eigenvalue weighted by molar-refractivity contribution is 7.11. The van der Waals surface area contributed by atoms with Crippen LogP contribution in [0.4, 0.5) is 0 Å². The average molecular weight is 388 g/mol. The minimum Gasteiger partial charge on any atom is -0.338 e. The van der Waals surface area contributed by atoms with Crippen molar-refractivity contribution in [1.82, 2.24) is 25.0 Å². The number of carbonyl (C=O) groups excluding carboxylic acids is 1. The molecule has 1 aliphatic heterocycles. The second-order valence-electron chi connectivity index (χ2n) is 8.18. The number of aryl methyl sites for hydroxylation is 2. The number of fused-ring (bicyclic) bond motifs is 1. The normalized spacial score (nSPS) is 25.3. The molecule has 0 bridgehead atoms. The molecule has 2 aromatic heterocycles. The zero-order chi connectivity index (χ0) is 19.1. The van der Waals surface area contributed by atoms with Crippen molar-refractivity contribution in [2.75, 3.05) is 13.6 Å². The number of carbonyl (C=O) groups is 1. The van der Waals surface area contributed by atoms with Gasteiger partial charge in [-0.3, -0.25) is 9.48 Å². The minimum atomic E-state index is 0.101. The third kappa shape index (κ3) is 3.55.